The quantitative estimate of drug-likeness (QED) is 0.470. The molecule has 31 heavy (non-hydrogen) atoms. The van der Waals surface area contributed by atoms with Crippen LogP contribution in [0.5, 0.6) is 5.75 Å². The van der Waals surface area contributed by atoms with Gasteiger partial charge in [-0.05, 0) is 49.7 Å². The maximum Gasteiger partial charge on any atom is 0.275 e. The average molecular weight is 435 g/mol. The van der Waals surface area contributed by atoms with Gasteiger partial charge < -0.3 is 10.1 Å². The number of anilines is 1. The third-order valence-corrected chi connectivity index (χ3v) is 5.58. The molecule has 4 aromatic rings. The van der Waals surface area contributed by atoms with E-state index in [1.54, 1.807) is 36.4 Å². The van der Waals surface area contributed by atoms with Gasteiger partial charge in [-0.1, -0.05) is 36.0 Å². The standard InChI is InChI=1S/C23H22N4O3S/c1-3-4-20-26-27-21(28)13-18(25-23(27)31-20)14-30-19-11-9-17(10-12-19)24-22(29)16-7-5-15(2)6-8-16/h5-13H,3-4,14H2,1-2H3,(H,24,29). The number of aryl methyl sites for hydroxylation is 2. The Bertz CT molecular complexity index is 1260. The first-order valence-electron chi connectivity index (χ1n) is 10.0. The van der Waals surface area contributed by atoms with Gasteiger partial charge in [0.25, 0.3) is 11.5 Å². The second kappa shape index (κ2) is 9.09. The number of hydrogen-bond donors (Lipinski definition) is 1. The van der Waals surface area contributed by atoms with E-state index in [9.17, 15) is 9.59 Å². The molecule has 0 unspecified atom stereocenters. The molecule has 0 aliphatic heterocycles. The molecule has 8 heteroatoms. The van der Waals surface area contributed by atoms with Gasteiger partial charge in [0.1, 0.15) is 17.4 Å². The van der Waals surface area contributed by atoms with Gasteiger partial charge in [-0.2, -0.15) is 9.61 Å². The van der Waals surface area contributed by atoms with Crippen molar-refractivity contribution in [3.63, 3.8) is 0 Å². The molecular formula is C23H22N4O3S. The first-order valence-corrected chi connectivity index (χ1v) is 10.8. The molecule has 1 amide bonds. The van der Waals surface area contributed by atoms with Crippen LogP contribution in [0.15, 0.2) is 59.4 Å². The molecule has 0 bridgehead atoms. The number of benzene rings is 2. The van der Waals surface area contributed by atoms with Gasteiger partial charge in [0.2, 0.25) is 4.96 Å². The van der Waals surface area contributed by atoms with E-state index in [4.69, 9.17) is 4.74 Å². The molecule has 0 saturated carbocycles. The summed E-state index contributed by atoms with van der Waals surface area (Å²) in [4.78, 5) is 29.7. The molecule has 0 aliphatic carbocycles. The number of ether oxygens (including phenoxy) is 1. The summed E-state index contributed by atoms with van der Waals surface area (Å²) in [6.07, 6.45) is 1.79. The van der Waals surface area contributed by atoms with E-state index >= 15 is 0 Å². The summed E-state index contributed by atoms with van der Waals surface area (Å²) in [5.74, 6) is 0.449. The number of aromatic nitrogens is 3. The van der Waals surface area contributed by atoms with Crippen LogP contribution in [0.1, 0.15) is 40.0 Å². The van der Waals surface area contributed by atoms with Crippen LogP contribution in [-0.4, -0.2) is 20.5 Å². The zero-order chi connectivity index (χ0) is 21.8. The Morgan fingerprint density at radius 3 is 2.58 bits per heavy atom. The lowest BCUT2D eigenvalue weighted by Crippen LogP contribution is -2.16. The van der Waals surface area contributed by atoms with Crippen molar-refractivity contribution in [1.82, 2.24) is 14.6 Å². The van der Waals surface area contributed by atoms with Gasteiger partial charge in [-0.25, -0.2) is 4.98 Å². The number of rotatable bonds is 7. The first kappa shape index (κ1) is 20.7. The van der Waals surface area contributed by atoms with Crippen molar-refractivity contribution in [3.05, 3.63) is 86.8 Å². The van der Waals surface area contributed by atoms with E-state index in [2.05, 4.69) is 22.3 Å². The fraction of sp³-hybridized carbons (Fsp3) is 0.217. The minimum atomic E-state index is -0.212. The Kier molecular flexibility index (Phi) is 6.08. The molecule has 0 fully saturated rings. The second-order valence-electron chi connectivity index (χ2n) is 7.16. The van der Waals surface area contributed by atoms with E-state index in [-0.39, 0.29) is 18.1 Å². The summed E-state index contributed by atoms with van der Waals surface area (Å²) in [5.41, 5.74) is 2.71. The van der Waals surface area contributed by atoms with Crippen molar-refractivity contribution in [2.24, 2.45) is 0 Å². The monoisotopic (exact) mass is 434 g/mol. The van der Waals surface area contributed by atoms with E-state index in [1.165, 1.54) is 21.9 Å². The second-order valence-corrected chi connectivity index (χ2v) is 8.20. The molecular weight excluding hydrogens is 412 g/mol. The smallest absolute Gasteiger partial charge is 0.275 e. The zero-order valence-corrected chi connectivity index (χ0v) is 18.1. The van der Waals surface area contributed by atoms with Crippen LogP contribution in [0.3, 0.4) is 0 Å². The first-order chi connectivity index (χ1) is 15.0. The minimum absolute atomic E-state index is 0.168. The SMILES string of the molecule is CCCc1nn2c(=O)cc(COc3ccc(NC(=O)c4ccc(C)cc4)cc3)nc2s1. The van der Waals surface area contributed by atoms with Crippen molar-refractivity contribution in [1.29, 1.82) is 0 Å². The molecule has 1 N–H and O–H groups in total. The molecule has 2 heterocycles. The largest absolute Gasteiger partial charge is 0.487 e. The fourth-order valence-corrected chi connectivity index (χ4v) is 4.00. The zero-order valence-electron chi connectivity index (χ0n) is 17.3. The summed E-state index contributed by atoms with van der Waals surface area (Å²) in [6.45, 7) is 4.22. The van der Waals surface area contributed by atoms with Crippen molar-refractivity contribution < 1.29 is 9.53 Å². The fourth-order valence-electron chi connectivity index (χ4n) is 2.98. The van der Waals surface area contributed by atoms with Crippen LogP contribution in [0.4, 0.5) is 5.69 Å². The molecule has 2 aromatic carbocycles. The van der Waals surface area contributed by atoms with E-state index in [0.29, 0.717) is 27.7 Å². The summed E-state index contributed by atoms with van der Waals surface area (Å²) in [5, 5.41) is 8.06. The predicted octanol–water partition coefficient (Wildman–Crippen LogP) is 4.24. The topological polar surface area (TPSA) is 85.6 Å². The summed E-state index contributed by atoms with van der Waals surface area (Å²) in [7, 11) is 0. The highest BCUT2D eigenvalue weighted by Crippen LogP contribution is 2.18. The highest BCUT2D eigenvalue weighted by Gasteiger charge is 2.10. The van der Waals surface area contributed by atoms with Crippen LogP contribution < -0.4 is 15.6 Å². The molecule has 0 spiro atoms. The molecule has 0 radical (unpaired) electrons. The van der Waals surface area contributed by atoms with Crippen molar-refractivity contribution >= 4 is 27.9 Å². The van der Waals surface area contributed by atoms with Gasteiger partial charge in [0, 0.05) is 23.7 Å². The number of nitrogens with zero attached hydrogens (tertiary/aromatic N) is 3. The van der Waals surface area contributed by atoms with Gasteiger partial charge in [0.15, 0.2) is 0 Å². The average Bonchev–Trinajstić information content (AvgIpc) is 3.17. The van der Waals surface area contributed by atoms with Gasteiger partial charge >= 0.3 is 0 Å². The number of carbonyl (C=O) groups excluding carboxylic acids is 1. The Hall–Kier alpha value is -3.52. The van der Waals surface area contributed by atoms with Crippen LogP contribution >= 0.6 is 11.3 Å². The van der Waals surface area contributed by atoms with Crippen LogP contribution in [0.25, 0.3) is 4.96 Å². The molecule has 0 aliphatic rings. The van der Waals surface area contributed by atoms with Crippen molar-refractivity contribution in [2.75, 3.05) is 5.32 Å². The van der Waals surface area contributed by atoms with Crippen LogP contribution in [-0.2, 0) is 13.0 Å². The Balaban J connectivity index is 1.39. The van der Waals surface area contributed by atoms with Gasteiger partial charge in [-0.15, -0.1) is 0 Å². The molecule has 158 valence electrons. The molecule has 4 rings (SSSR count). The lowest BCUT2D eigenvalue weighted by atomic mass is 10.1. The number of nitrogens with one attached hydrogen (secondary N) is 1. The lowest BCUT2D eigenvalue weighted by Gasteiger charge is -2.08. The molecule has 0 saturated heterocycles. The molecule has 0 atom stereocenters. The van der Waals surface area contributed by atoms with E-state index < -0.39 is 0 Å². The van der Waals surface area contributed by atoms with Crippen molar-refractivity contribution in [2.45, 2.75) is 33.3 Å². The Labute approximate surface area is 183 Å². The normalized spacial score (nSPS) is 10.9. The van der Waals surface area contributed by atoms with Crippen LogP contribution in [0.2, 0.25) is 0 Å². The Morgan fingerprint density at radius 2 is 1.87 bits per heavy atom. The predicted molar refractivity (Wildman–Crippen MR) is 121 cm³/mol. The number of amides is 1. The minimum Gasteiger partial charge on any atom is -0.487 e. The summed E-state index contributed by atoms with van der Waals surface area (Å²) < 4.78 is 7.11. The molecule has 2 aromatic heterocycles. The summed E-state index contributed by atoms with van der Waals surface area (Å²) in [6, 6.07) is 15.9. The maximum atomic E-state index is 12.3. The number of carbonyl (C=O) groups is 1. The van der Waals surface area contributed by atoms with E-state index in [0.717, 1.165) is 23.4 Å². The van der Waals surface area contributed by atoms with Crippen LogP contribution in [0, 0.1) is 6.92 Å². The van der Waals surface area contributed by atoms with Gasteiger partial charge in [0.05, 0.1) is 5.69 Å². The Morgan fingerprint density at radius 1 is 1.13 bits per heavy atom. The highest BCUT2D eigenvalue weighted by molar-refractivity contribution is 7.16. The van der Waals surface area contributed by atoms with Crippen molar-refractivity contribution in [3.8, 4) is 5.75 Å². The third kappa shape index (κ3) is 4.97. The highest BCUT2D eigenvalue weighted by atomic mass is 32.1. The summed E-state index contributed by atoms with van der Waals surface area (Å²) >= 11 is 1.42. The lowest BCUT2D eigenvalue weighted by molar-refractivity contribution is 0.102. The number of fused-ring (bicyclic) bond motifs is 1. The van der Waals surface area contributed by atoms with Gasteiger partial charge in [-0.3, -0.25) is 9.59 Å². The van der Waals surface area contributed by atoms with E-state index in [1.807, 2.05) is 19.1 Å². The third-order valence-electron chi connectivity index (χ3n) is 4.62. The maximum absolute atomic E-state index is 12.3. The molecule has 7 nitrogen and oxygen atoms in total. The number of hydrogen-bond acceptors (Lipinski definition) is 6.